The van der Waals surface area contributed by atoms with Crippen LogP contribution in [0.25, 0.3) is 0 Å². The van der Waals surface area contributed by atoms with Crippen LogP contribution in [0.5, 0.6) is 0 Å². The summed E-state index contributed by atoms with van der Waals surface area (Å²) < 4.78 is 15.7. The number of amides is 3. The van der Waals surface area contributed by atoms with E-state index in [1.165, 1.54) is 4.90 Å². The lowest BCUT2D eigenvalue weighted by molar-refractivity contribution is 0.0142. The average molecular weight is 385 g/mol. The van der Waals surface area contributed by atoms with Crippen LogP contribution in [0.1, 0.15) is 16.8 Å². The normalized spacial score (nSPS) is 16.2. The van der Waals surface area contributed by atoms with Gasteiger partial charge in [0.2, 0.25) is 0 Å². The van der Waals surface area contributed by atoms with Crippen molar-refractivity contribution in [1.29, 1.82) is 0 Å². The zero-order chi connectivity index (χ0) is 19.2. The van der Waals surface area contributed by atoms with E-state index in [1.54, 1.807) is 30.3 Å². The van der Waals surface area contributed by atoms with E-state index in [4.69, 9.17) is 14.5 Å². The first-order valence-electron chi connectivity index (χ1n) is 7.78. The van der Waals surface area contributed by atoms with Gasteiger partial charge in [0.05, 0.1) is 19.3 Å². The zero-order valence-corrected chi connectivity index (χ0v) is 14.7. The number of aliphatic imine (C=N–C) groups is 1. The summed E-state index contributed by atoms with van der Waals surface area (Å²) in [5, 5.41) is 11.8. The van der Waals surface area contributed by atoms with Crippen molar-refractivity contribution in [1.82, 2.24) is 10.2 Å². The molecule has 0 radical (unpaired) electrons. The molecule has 1 aliphatic rings. The molecule has 1 aliphatic heterocycles. The Kier molecular flexibility index (Phi) is 7.01. The third-order valence-electron chi connectivity index (χ3n) is 3.52. The van der Waals surface area contributed by atoms with Crippen molar-refractivity contribution >= 4 is 25.4 Å². The molecule has 1 atom stereocenters. The molecule has 0 aromatic heterocycles. The fourth-order valence-corrected chi connectivity index (χ4v) is 2.65. The zero-order valence-electron chi connectivity index (χ0n) is 13.8. The number of carbonyl (C=O) groups excluding carboxylic acids is 2. The summed E-state index contributed by atoms with van der Waals surface area (Å²) in [6.07, 6.45) is -1.50. The molecule has 10 nitrogen and oxygen atoms in total. The van der Waals surface area contributed by atoms with E-state index in [-0.39, 0.29) is 24.8 Å². The summed E-state index contributed by atoms with van der Waals surface area (Å²) in [6, 6.07) is 7.86. The number of benzene rings is 1. The molecule has 0 saturated carbocycles. The van der Waals surface area contributed by atoms with Crippen molar-refractivity contribution < 1.29 is 33.8 Å². The first-order valence-corrected chi connectivity index (χ1v) is 9.58. The molecule has 0 spiro atoms. The first kappa shape index (κ1) is 20.2. The number of aliphatic hydroxyl groups excluding tert-OH is 1. The maximum atomic E-state index is 12.1. The van der Waals surface area contributed by atoms with Gasteiger partial charge in [-0.25, -0.2) is 4.79 Å². The van der Waals surface area contributed by atoms with Gasteiger partial charge < -0.3 is 29.8 Å². The van der Waals surface area contributed by atoms with Gasteiger partial charge in [-0.1, -0.05) is 18.2 Å². The van der Waals surface area contributed by atoms with Crippen molar-refractivity contribution in [2.75, 3.05) is 26.0 Å². The number of nitrogens with zero attached hydrogens (tertiary/aromatic N) is 2. The van der Waals surface area contributed by atoms with Crippen molar-refractivity contribution in [2.45, 2.75) is 12.5 Å². The van der Waals surface area contributed by atoms with Crippen LogP contribution in [-0.2, 0) is 9.30 Å². The highest BCUT2D eigenvalue weighted by Crippen LogP contribution is 2.34. The Labute approximate surface area is 149 Å². The molecule has 26 heavy (non-hydrogen) atoms. The molecule has 1 aromatic carbocycles. The van der Waals surface area contributed by atoms with Crippen molar-refractivity contribution in [2.24, 2.45) is 4.99 Å². The highest BCUT2D eigenvalue weighted by Gasteiger charge is 2.26. The lowest BCUT2D eigenvalue weighted by atomic mass is 10.2. The number of urea groups is 1. The number of hydrogen-bond donors (Lipinski definition) is 4. The van der Waals surface area contributed by atoms with Crippen LogP contribution in [0.3, 0.4) is 0 Å². The second-order valence-electron chi connectivity index (χ2n) is 5.62. The standard InChI is InChI=1S/C15H20N3O7P/c19-9-12(25-10-26(22,23)24)8-18-7-6-13(17-15(18)21)16-14(20)11-4-2-1-3-5-11/h1-5,12,19H,6-10H2,(H2,22,23,24)(H,16,17,20,21)/t12-/m0/s1. The minimum atomic E-state index is -4.37. The second-order valence-corrected chi connectivity index (χ2v) is 7.21. The molecular formula is C15H20N3O7P. The largest absolute Gasteiger partial charge is 0.394 e. The van der Waals surface area contributed by atoms with Gasteiger partial charge in [-0.3, -0.25) is 9.36 Å². The maximum Gasteiger partial charge on any atom is 0.350 e. The summed E-state index contributed by atoms with van der Waals surface area (Å²) in [4.78, 5) is 46.8. The van der Waals surface area contributed by atoms with Gasteiger partial charge in [-0.05, 0) is 12.1 Å². The van der Waals surface area contributed by atoms with Gasteiger partial charge in [0.1, 0.15) is 12.2 Å². The fourth-order valence-electron chi connectivity index (χ4n) is 2.24. The van der Waals surface area contributed by atoms with E-state index in [1.807, 2.05) is 0 Å². The van der Waals surface area contributed by atoms with Gasteiger partial charge in [-0.15, -0.1) is 0 Å². The minimum absolute atomic E-state index is 0.0707. The highest BCUT2D eigenvalue weighted by atomic mass is 31.2. The predicted octanol–water partition coefficient (Wildman–Crippen LogP) is 0.153. The Bertz CT molecular complexity index is 719. The molecule has 1 aromatic rings. The summed E-state index contributed by atoms with van der Waals surface area (Å²) in [6.45, 7) is -0.355. The SMILES string of the molecule is O=C(NC1=NC(=O)N(C[C@@H](CO)OCP(=O)(O)O)CC1)c1ccccc1. The van der Waals surface area contributed by atoms with Gasteiger partial charge in [0.25, 0.3) is 5.91 Å². The van der Waals surface area contributed by atoms with Crippen LogP contribution in [0.4, 0.5) is 4.79 Å². The number of amidine groups is 1. The number of hydrogen-bond acceptors (Lipinski definition) is 5. The first-order chi connectivity index (χ1) is 12.3. The Morgan fingerprint density at radius 2 is 2.04 bits per heavy atom. The highest BCUT2D eigenvalue weighted by molar-refractivity contribution is 7.51. The Morgan fingerprint density at radius 3 is 2.62 bits per heavy atom. The molecule has 0 saturated heterocycles. The Hall–Kier alpha value is -2.10. The number of nitrogens with one attached hydrogen (secondary N) is 1. The molecule has 1 heterocycles. The molecule has 142 valence electrons. The van der Waals surface area contributed by atoms with Crippen LogP contribution < -0.4 is 5.32 Å². The number of rotatable bonds is 7. The number of aliphatic hydroxyl groups is 1. The van der Waals surface area contributed by atoms with Crippen LogP contribution in [0.2, 0.25) is 0 Å². The average Bonchev–Trinajstić information content (AvgIpc) is 2.60. The van der Waals surface area contributed by atoms with Crippen molar-refractivity contribution in [3.8, 4) is 0 Å². The molecule has 2 rings (SSSR count). The van der Waals surface area contributed by atoms with Crippen molar-refractivity contribution in [3.05, 3.63) is 35.9 Å². The van der Waals surface area contributed by atoms with Crippen LogP contribution in [0, 0.1) is 0 Å². The molecule has 11 heteroatoms. The molecule has 0 aliphatic carbocycles. The number of ether oxygens (including phenoxy) is 1. The topological polar surface area (TPSA) is 149 Å². The third kappa shape index (κ3) is 6.32. The number of carbonyl (C=O) groups is 2. The van der Waals surface area contributed by atoms with Crippen LogP contribution in [-0.4, -0.2) is 69.7 Å². The van der Waals surface area contributed by atoms with Crippen LogP contribution >= 0.6 is 7.60 Å². The van der Waals surface area contributed by atoms with E-state index in [0.29, 0.717) is 12.0 Å². The fraction of sp³-hybridized carbons (Fsp3) is 0.400. The van der Waals surface area contributed by atoms with Gasteiger partial charge in [0.15, 0.2) is 0 Å². The minimum Gasteiger partial charge on any atom is -0.394 e. The molecule has 0 unspecified atom stereocenters. The Morgan fingerprint density at radius 1 is 1.35 bits per heavy atom. The van der Waals surface area contributed by atoms with E-state index in [0.717, 1.165) is 0 Å². The van der Waals surface area contributed by atoms with Gasteiger partial charge in [0, 0.05) is 18.5 Å². The monoisotopic (exact) mass is 385 g/mol. The second kappa shape index (κ2) is 9.02. The molecule has 3 amide bonds. The molecule has 4 N–H and O–H groups in total. The maximum absolute atomic E-state index is 12.1. The summed E-state index contributed by atoms with van der Waals surface area (Å²) >= 11 is 0. The predicted molar refractivity (Wildman–Crippen MR) is 91.8 cm³/mol. The lowest BCUT2D eigenvalue weighted by Crippen LogP contribution is -2.45. The smallest absolute Gasteiger partial charge is 0.350 e. The van der Waals surface area contributed by atoms with Gasteiger partial charge in [-0.2, -0.15) is 4.99 Å². The van der Waals surface area contributed by atoms with E-state index < -0.39 is 32.7 Å². The van der Waals surface area contributed by atoms with E-state index in [9.17, 15) is 19.3 Å². The van der Waals surface area contributed by atoms with E-state index >= 15 is 0 Å². The molecule has 0 bridgehead atoms. The lowest BCUT2D eigenvalue weighted by Gasteiger charge is -2.28. The summed E-state index contributed by atoms with van der Waals surface area (Å²) in [5.41, 5.74) is 0.441. The quantitative estimate of drug-likeness (QED) is 0.488. The molecule has 0 fully saturated rings. The van der Waals surface area contributed by atoms with Crippen molar-refractivity contribution in [3.63, 3.8) is 0 Å². The van der Waals surface area contributed by atoms with E-state index in [2.05, 4.69) is 10.3 Å². The van der Waals surface area contributed by atoms with Crippen LogP contribution in [0.15, 0.2) is 35.3 Å². The molecular weight excluding hydrogens is 365 g/mol. The third-order valence-corrected chi connectivity index (χ3v) is 4.00. The summed E-state index contributed by atoms with van der Waals surface area (Å²) in [7, 11) is -4.37. The van der Waals surface area contributed by atoms with Gasteiger partial charge >= 0.3 is 13.6 Å². The summed E-state index contributed by atoms with van der Waals surface area (Å²) in [5.74, 6) is -0.138. The Balaban J connectivity index is 1.91.